The number of hydrogen-bond acceptors (Lipinski definition) is 2. The van der Waals surface area contributed by atoms with E-state index < -0.39 is 17.6 Å². The lowest BCUT2D eigenvalue weighted by molar-refractivity contribution is -0.136. The first kappa shape index (κ1) is 16.2. The predicted molar refractivity (Wildman–Crippen MR) is 92.1 cm³/mol. The zero-order valence-corrected chi connectivity index (χ0v) is 13.5. The van der Waals surface area contributed by atoms with E-state index in [1.165, 1.54) is 6.07 Å². The molecule has 1 amide bonds. The summed E-state index contributed by atoms with van der Waals surface area (Å²) in [7, 11) is 0. The van der Waals surface area contributed by atoms with Crippen molar-refractivity contribution in [1.82, 2.24) is 15.2 Å². The molecule has 0 unspecified atom stereocenters. The molecule has 0 atom stereocenters. The molecule has 8 heteroatoms. The van der Waals surface area contributed by atoms with Crippen LogP contribution in [0.4, 0.5) is 18.9 Å². The fraction of sp³-hybridized carbons (Fsp3) is 0.111. The Hall–Kier alpha value is -3.29. The predicted octanol–water partition coefficient (Wildman–Crippen LogP) is 4.62. The second-order valence-electron chi connectivity index (χ2n) is 5.98. The Morgan fingerprint density at radius 1 is 1.12 bits per heavy atom. The summed E-state index contributed by atoms with van der Waals surface area (Å²) in [4.78, 5) is 15.8. The lowest BCUT2D eigenvalue weighted by Gasteiger charge is -2.11. The SMILES string of the molecule is Cc1[nH]c2ccccc2c1C(=O)Nc1cc(C(F)(F)F)c2cn[nH]c2c1. The molecule has 0 radical (unpaired) electrons. The van der Waals surface area contributed by atoms with Crippen LogP contribution in [0.3, 0.4) is 0 Å². The average molecular weight is 358 g/mol. The van der Waals surface area contributed by atoms with E-state index in [2.05, 4.69) is 20.5 Å². The number of fused-ring (bicyclic) bond motifs is 2. The van der Waals surface area contributed by atoms with Gasteiger partial charge in [0.05, 0.1) is 22.8 Å². The lowest BCUT2D eigenvalue weighted by atomic mass is 10.1. The molecule has 3 N–H and O–H groups in total. The first-order valence-corrected chi connectivity index (χ1v) is 7.77. The topological polar surface area (TPSA) is 73.6 Å². The van der Waals surface area contributed by atoms with Crippen LogP contribution in [0.1, 0.15) is 21.6 Å². The molecule has 4 aromatic rings. The lowest BCUT2D eigenvalue weighted by Crippen LogP contribution is -2.14. The number of para-hydroxylation sites is 1. The van der Waals surface area contributed by atoms with E-state index in [0.29, 0.717) is 16.6 Å². The van der Waals surface area contributed by atoms with Crippen LogP contribution >= 0.6 is 0 Å². The zero-order valence-electron chi connectivity index (χ0n) is 13.5. The van der Waals surface area contributed by atoms with Gasteiger partial charge in [0, 0.05) is 27.7 Å². The third-order valence-electron chi connectivity index (χ3n) is 4.24. The van der Waals surface area contributed by atoms with Crippen molar-refractivity contribution in [2.24, 2.45) is 0 Å². The number of halogens is 3. The summed E-state index contributed by atoms with van der Waals surface area (Å²) in [5.41, 5.74) is 1.22. The molecule has 2 aromatic carbocycles. The monoisotopic (exact) mass is 358 g/mol. The molecule has 132 valence electrons. The molecule has 0 aliphatic carbocycles. The van der Waals surface area contributed by atoms with Crippen molar-refractivity contribution in [1.29, 1.82) is 0 Å². The number of nitrogens with one attached hydrogen (secondary N) is 3. The number of carbonyl (C=O) groups is 1. The summed E-state index contributed by atoms with van der Waals surface area (Å²) in [6.07, 6.45) is -3.44. The molecule has 0 saturated carbocycles. The number of aromatic nitrogens is 3. The van der Waals surface area contributed by atoms with Crippen molar-refractivity contribution in [2.45, 2.75) is 13.1 Å². The van der Waals surface area contributed by atoms with E-state index in [1.54, 1.807) is 19.1 Å². The largest absolute Gasteiger partial charge is 0.417 e. The average Bonchev–Trinajstić information content (AvgIpc) is 3.15. The van der Waals surface area contributed by atoms with Gasteiger partial charge in [-0.1, -0.05) is 18.2 Å². The summed E-state index contributed by atoms with van der Waals surface area (Å²) < 4.78 is 39.9. The number of anilines is 1. The number of aryl methyl sites for hydroxylation is 1. The van der Waals surface area contributed by atoms with Crippen LogP contribution in [0.5, 0.6) is 0 Å². The highest BCUT2D eigenvalue weighted by molar-refractivity contribution is 6.14. The molecule has 0 spiro atoms. The van der Waals surface area contributed by atoms with Crippen LogP contribution in [0.2, 0.25) is 0 Å². The van der Waals surface area contributed by atoms with Crippen molar-refractivity contribution >= 4 is 33.4 Å². The van der Waals surface area contributed by atoms with Crippen LogP contribution in [0, 0.1) is 6.92 Å². The molecule has 0 aliphatic heterocycles. The van der Waals surface area contributed by atoms with Crippen LogP contribution in [0.25, 0.3) is 21.8 Å². The van der Waals surface area contributed by atoms with Gasteiger partial charge in [-0.25, -0.2) is 0 Å². The number of rotatable bonds is 2. The quantitative estimate of drug-likeness (QED) is 0.489. The summed E-state index contributed by atoms with van der Waals surface area (Å²) >= 11 is 0. The number of carbonyl (C=O) groups excluding carboxylic acids is 1. The molecule has 2 heterocycles. The molecule has 4 rings (SSSR count). The molecule has 0 bridgehead atoms. The van der Waals surface area contributed by atoms with Gasteiger partial charge < -0.3 is 10.3 Å². The first-order valence-electron chi connectivity index (χ1n) is 7.77. The maximum Gasteiger partial charge on any atom is 0.417 e. The highest BCUT2D eigenvalue weighted by Crippen LogP contribution is 2.36. The maximum absolute atomic E-state index is 13.3. The highest BCUT2D eigenvalue weighted by Gasteiger charge is 2.33. The highest BCUT2D eigenvalue weighted by atomic mass is 19.4. The van der Waals surface area contributed by atoms with Gasteiger partial charge in [-0.15, -0.1) is 0 Å². The number of alkyl halides is 3. The number of benzene rings is 2. The molecule has 0 saturated heterocycles. The number of aromatic amines is 2. The van der Waals surface area contributed by atoms with Gasteiger partial charge in [0.25, 0.3) is 5.91 Å². The zero-order chi connectivity index (χ0) is 18.5. The van der Waals surface area contributed by atoms with E-state index in [1.807, 2.05) is 12.1 Å². The summed E-state index contributed by atoms with van der Waals surface area (Å²) in [5, 5.41) is 9.40. The molecule has 0 fully saturated rings. The normalized spacial score (nSPS) is 12.0. The van der Waals surface area contributed by atoms with Crippen molar-refractivity contribution in [3.8, 4) is 0 Å². The van der Waals surface area contributed by atoms with Gasteiger partial charge in [0.2, 0.25) is 0 Å². The van der Waals surface area contributed by atoms with Crippen molar-refractivity contribution < 1.29 is 18.0 Å². The minimum atomic E-state index is -4.56. The molecular weight excluding hydrogens is 345 g/mol. The Morgan fingerprint density at radius 2 is 1.88 bits per heavy atom. The minimum Gasteiger partial charge on any atom is -0.358 e. The van der Waals surface area contributed by atoms with Crippen LogP contribution in [0.15, 0.2) is 42.6 Å². The molecule has 5 nitrogen and oxygen atoms in total. The Labute approximate surface area is 145 Å². The van der Waals surface area contributed by atoms with Gasteiger partial charge in [0.15, 0.2) is 0 Å². The maximum atomic E-state index is 13.3. The number of H-pyrrole nitrogens is 2. The molecule has 2 aromatic heterocycles. The standard InChI is InChI=1S/C18H13F3N4O/c1-9-16(11-4-2-3-5-14(11)23-9)17(26)24-10-6-13(18(19,20)21)12-8-22-25-15(12)7-10/h2-8,23H,1H3,(H,22,25)(H,24,26). The Bertz CT molecular complexity index is 1140. The number of nitrogens with zero attached hydrogens (tertiary/aromatic N) is 1. The van der Waals surface area contributed by atoms with Gasteiger partial charge >= 0.3 is 6.18 Å². The van der Waals surface area contributed by atoms with Crippen LogP contribution in [-0.4, -0.2) is 21.1 Å². The van der Waals surface area contributed by atoms with E-state index in [-0.39, 0.29) is 16.6 Å². The van der Waals surface area contributed by atoms with Crippen LogP contribution < -0.4 is 5.32 Å². The van der Waals surface area contributed by atoms with E-state index in [9.17, 15) is 18.0 Å². The van der Waals surface area contributed by atoms with E-state index >= 15 is 0 Å². The molecular formula is C18H13F3N4O. The fourth-order valence-corrected chi connectivity index (χ4v) is 3.12. The summed E-state index contributed by atoms with van der Waals surface area (Å²) in [5.74, 6) is -0.480. The second-order valence-corrected chi connectivity index (χ2v) is 5.98. The summed E-state index contributed by atoms with van der Waals surface area (Å²) in [6.45, 7) is 1.74. The minimum absolute atomic E-state index is 0.0428. The Morgan fingerprint density at radius 3 is 2.65 bits per heavy atom. The van der Waals surface area contributed by atoms with Crippen molar-refractivity contribution in [3.63, 3.8) is 0 Å². The Kier molecular flexibility index (Phi) is 3.50. The van der Waals surface area contributed by atoms with Crippen molar-refractivity contribution in [3.05, 3.63) is 59.4 Å². The van der Waals surface area contributed by atoms with Gasteiger partial charge in [0.1, 0.15) is 0 Å². The van der Waals surface area contributed by atoms with E-state index in [4.69, 9.17) is 0 Å². The molecule has 26 heavy (non-hydrogen) atoms. The number of amides is 1. The third kappa shape index (κ3) is 2.59. The third-order valence-corrected chi connectivity index (χ3v) is 4.24. The van der Waals surface area contributed by atoms with Gasteiger partial charge in [-0.05, 0) is 25.1 Å². The fourth-order valence-electron chi connectivity index (χ4n) is 3.12. The number of hydrogen-bond donors (Lipinski definition) is 3. The molecule has 0 aliphatic rings. The van der Waals surface area contributed by atoms with Crippen LogP contribution in [-0.2, 0) is 6.18 Å². The smallest absolute Gasteiger partial charge is 0.358 e. The first-order chi connectivity index (χ1) is 12.3. The second kappa shape index (κ2) is 5.62. The van der Waals surface area contributed by atoms with Gasteiger partial charge in [-0.2, -0.15) is 18.3 Å². The van der Waals surface area contributed by atoms with E-state index in [0.717, 1.165) is 17.8 Å². The Balaban J connectivity index is 1.77. The summed E-state index contributed by atoms with van der Waals surface area (Å²) in [6, 6.07) is 9.59. The van der Waals surface area contributed by atoms with Crippen molar-refractivity contribution in [2.75, 3.05) is 5.32 Å². The van der Waals surface area contributed by atoms with Gasteiger partial charge in [-0.3, -0.25) is 9.89 Å².